The highest BCUT2D eigenvalue weighted by Gasteiger charge is 2.34. The van der Waals surface area contributed by atoms with Crippen LogP contribution in [-0.2, 0) is 22.7 Å². The van der Waals surface area contributed by atoms with Crippen LogP contribution in [0.2, 0.25) is 5.15 Å². The molecule has 222 valence electrons. The summed E-state index contributed by atoms with van der Waals surface area (Å²) in [5, 5.41) is 3.24. The van der Waals surface area contributed by atoms with E-state index in [-0.39, 0.29) is 24.1 Å². The molecule has 0 bridgehead atoms. The van der Waals surface area contributed by atoms with Gasteiger partial charge in [0.25, 0.3) is 0 Å². The SMILES string of the molecule is O=C(CC1CN(c2cc(Cl)nc(-n3ccnc3)n2)CCN1C(=O)OCc1ccccc1)NCc1ccc2c(c1)OCCO2. The van der Waals surface area contributed by atoms with Crippen LogP contribution >= 0.6 is 11.6 Å². The van der Waals surface area contributed by atoms with Crippen molar-refractivity contribution in [3.8, 4) is 17.4 Å². The molecule has 1 unspecified atom stereocenters. The van der Waals surface area contributed by atoms with Crippen molar-refractivity contribution in [2.45, 2.75) is 25.6 Å². The number of piperazine rings is 1. The molecule has 4 aromatic rings. The maximum atomic E-state index is 13.3. The van der Waals surface area contributed by atoms with Gasteiger partial charge < -0.3 is 29.3 Å². The fourth-order valence-corrected chi connectivity index (χ4v) is 5.19. The van der Waals surface area contributed by atoms with Crippen molar-refractivity contribution in [2.24, 2.45) is 0 Å². The Morgan fingerprint density at radius 3 is 2.65 bits per heavy atom. The van der Waals surface area contributed by atoms with E-state index < -0.39 is 12.1 Å². The largest absolute Gasteiger partial charge is 0.486 e. The van der Waals surface area contributed by atoms with Crippen LogP contribution in [0, 0.1) is 0 Å². The van der Waals surface area contributed by atoms with Crippen molar-refractivity contribution in [1.82, 2.24) is 29.7 Å². The highest BCUT2D eigenvalue weighted by atomic mass is 35.5. The van der Waals surface area contributed by atoms with Crippen molar-refractivity contribution in [3.05, 3.63) is 89.6 Å². The van der Waals surface area contributed by atoms with Crippen molar-refractivity contribution in [2.75, 3.05) is 37.7 Å². The summed E-state index contributed by atoms with van der Waals surface area (Å²) in [5.41, 5.74) is 1.76. The Hall–Kier alpha value is -4.84. The molecule has 2 aliphatic rings. The maximum Gasteiger partial charge on any atom is 0.410 e. The fraction of sp³-hybridized carbons (Fsp3) is 0.300. The average Bonchev–Trinajstić information content (AvgIpc) is 3.58. The second-order valence-corrected chi connectivity index (χ2v) is 10.5. The third kappa shape index (κ3) is 6.97. The molecular weight excluding hydrogens is 574 g/mol. The molecule has 1 N–H and O–H groups in total. The number of aromatic nitrogens is 4. The standard InChI is InChI=1S/C30H30ClN7O5/c31-26-16-27(35-29(34-26)37-9-8-32-20-37)36-10-11-38(30(40)43-19-21-4-2-1-3-5-21)23(18-36)15-28(39)33-17-22-6-7-24-25(14-22)42-13-12-41-24/h1-9,14,16,20,23H,10-13,15,17-19H2,(H,33,39). The summed E-state index contributed by atoms with van der Waals surface area (Å²) in [6.07, 6.45) is 4.53. The number of hydrogen-bond donors (Lipinski definition) is 1. The summed E-state index contributed by atoms with van der Waals surface area (Å²) in [7, 11) is 0. The molecule has 1 atom stereocenters. The predicted octanol–water partition coefficient (Wildman–Crippen LogP) is 3.62. The number of benzene rings is 2. The van der Waals surface area contributed by atoms with Gasteiger partial charge in [0.05, 0.1) is 6.04 Å². The quantitative estimate of drug-likeness (QED) is 0.301. The molecular formula is C30H30ClN7O5. The zero-order valence-corrected chi connectivity index (χ0v) is 24.0. The number of nitrogens with zero attached hydrogens (tertiary/aromatic N) is 6. The number of fused-ring (bicyclic) bond motifs is 1. The first-order valence-corrected chi connectivity index (χ1v) is 14.3. The highest BCUT2D eigenvalue weighted by molar-refractivity contribution is 6.29. The third-order valence-corrected chi connectivity index (χ3v) is 7.36. The van der Waals surface area contributed by atoms with E-state index in [9.17, 15) is 9.59 Å². The van der Waals surface area contributed by atoms with E-state index in [4.69, 9.17) is 25.8 Å². The number of nitrogens with one attached hydrogen (secondary N) is 1. The van der Waals surface area contributed by atoms with Crippen molar-refractivity contribution in [1.29, 1.82) is 0 Å². The van der Waals surface area contributed by atoms with Crippen LogP contribution in [0.5, 0.6) is 11.5 Å². The number of hydrogen-bond acceptors (Lipinski definition) is 9. The molecule has 4 heterocycles. The van der Waals surface area contributed by atoms with Crippen LogP contribution in [0.25, 0.3) is 5.95 Å². The Kier molecular flexibility index (Phi) is 8.55. The molecule has 2 aromatic carbocycles. The van der Waals surface area contributed by atoms with Gasteiger partial charge in [-0.1, -0.05) is 48.0 Å². The lowest BCUT2D eigenvalue weighted by molar-refractivity contribution is -0.122. The van der Waals surface area contributed by atoms with Crippen LogP contribution in [-0.4, -0.2) is 75.3 Å². The lowest BCUT2D eigenvalue weighted by Crippen LogP contribution is -2.56. The molecule has 0 saturated carbocycles. The Morgan fingerprint density at radius 1 is 1.00 bits per heavy atom. The van der Waals surface area contributed by atoms with Gasteiger partial charge in [-0.25, -0.2) is 14.8 Å². The molecule has 2 aromatic heterocycles. The van der Waals surface area contributed by atoms with E-state index in [0.717, 1.165) is 11.1 Å². The van der Waals surface area contributed by atoms with E-state index in [2.05, 4.69) is 20.3 Å². The van der Waals surface area contributed by atoms with Crippen molar-refractivity contribution < 1.29 is 23.8 Å². The minimum absolute atomic E-state index is 0.0642. The minimum Gasteiger partial charge on any atom is -0.486 e. The second-order valence-electron chi connectivity index (χ2n) is 10.1. The van der Waals surface area contributed by atoms with Gasteiger partial charge in [0, 0.05) is 51.1 Å². The Balaban J connectivity index is 1.16. The lowest BCUT2D eigenvalue weighted by atomic mass is 10.1. The molecule has 12 nitrogen and oxygen atoms in total. The molecule has 1 fully saturated rings. The van der Waals surface area contributed by atoms with Gasteiger partial charge in [-0.15, -0.1) is 0 Å². The number of carbonyl (C=O) groups excluding carboxylic acids is 2. The van der Waals surface area contributed by atoms with E-state index >= 15 is 0 Å². The van der Waals surface area contributed by atoms with Gasteiger partial charge in [0.15, 0.2) is 11.5 Å². The van der Waals surface area contributed by atoms with Gasteiger partial charge in [-0.3, -0.25) is 9.36 Å². The van der Waals surface area contributed by atoms with E-state index in [1.165, 1.54) is 0 Å². The number of carbonyl (C=O) groups is 2. The highest BCUT2D eigenvalue weighted by Crippen LogP contribution is 2.30. The van der Waals surface area contributed by atoms with Gasteiger partial charge in [0.1, 0.15) is 37.1 Å². The first kappa shape index (κ1) is 28.3. The van der Waals surface area contributed by atoms with Gasteiger partial charge in [-0.2, -0.15) is 4.98 Å². The molecule has 6 rings (SSSR count). The molecule has 2 aliphatic heterocycles. The molecule has 0 aliphatic carbocycles. The Labute approximate surface area is 253 Å². The number of amides is 2. The molecule has 13 heteroatoms. The average molecular weight is 604 g/mol. The number of rotatable bonds is 8. The van der Waals surface area contributed by atoms with E-state index in [0.29, 0.717) is 62.7 Å². The van der Waals surface area contributed by atoms with Crippen LogP contribution in [0.3, 0.4) is 0 Å². The van der Waals surface area contributed by atoms with Crippen molar-refractivity contribution in [3.63, 3.8) is 0 Å². The molecule has 2 amide bonds. The molecule has 1 saturated heterocycles. The fourth-order valence-electron chi connectivity index (χ4n) is 5.01. The first-order valence-electron chi connectivity index (χ1n) is 13.9. The molecule has 0 radical (unpaired) electrons. The predicted molar refractivity (Wildman–Crippen MR) is 157 cm³/mol. The minimum atomic E-state index is -0.484. The maximum absolute atomic E-state index is 13.3. The lowest BCUT2D eigenvalue weighted by Gasteiger charge is -2.41. The molecule has 43 heavy (non-hydrogen) atoms. The summed E-state index contributed by atoms with van der Waals surface area (Å²) < 4.78 is 18.5. The smallest absolute Gasteiger partial charge is 0.410 e. The summed E-state index contributed by atoms with van der Waals surface area (Å²) >= 11 is 6.35. The van der Waals surface area contributed by atoms with Gasteiger partial charge >= 0.3 is 6.09 Å². The van der Waals surface area contributed by atoms with Crippen LogP contribution in [0.4, 0.5) is 10.6 Å². The van der Waals surface area contributed by atoms with Gasteiger partial charge in [-0.05, 0) is 23.3 Å². The van der Waals surface area contributed by atoms with Crippen LogP contribution in [0.1, 0.15) is 17.5 Å². The van der Waals surface area contributed by atoms with Crippen molar-refractivity contribution >= 4 is 29.4 Å². The number of ether oxygens (including phenoxy) is 3. The van der Waals surface area contributed by atoms with E-state index in [1.54, 1.807) is 34.3 Å². The monoisotopic (exact) mass is 603 g/mol. The zero-order valence-electron chi connectivity index (χ0n) is 23.3. The summed E-state index contributed by atoms with van der Waals surface area (Å²) in [6.45, 7) is 2.58. The Morgan fingerprint density at radius 2 is 1.84 bits per heavy atom. The van der Waals surface area contributed by atoms with Crippen LogP contribution in [0.15, 0.2) is 73.3 Å². The normalized spacial score (nSPS) is 16.1. The number of anilines is 1. The third-order valence-electron chi connectivity index (χ3n) is 7.17. The summed E-state index contributed by atoms with van der Waals surface area (Å²) in [6, 6.07) is 16.2. The second kappa shape index (κ2) is 13.0. The zero-order chi connectivity index (χ0) is 29.6. The Bertz CT molecular complexity index is 1570. The van der Waals surface area contributed by atoms with E-state index in [1.807, 2.05) is 53.4 Å². The summed E-state index contributed by atoms with van der Waals surface area (Å²) in [5.74, 6) is 2.10. The number of imidazole rings is 1. The van der Waals surface area contributed by atoms with Gasteiger partial charge in [0.2, 0.25) is 11.9 Å². The summed E-state index contributed by atoms with van der Waals surface area (Å²) in [4.78, 5) is 43.1. The van der Waals surface area contributed by atoms with Crippen LogP contribution < -0.4 is 19.7 Å². The first-order chi connectivity index (χ1) is 21.0. The number of halogens is 1. The topological polar surface area (TPSA) is 124 Å². The molecule has 0 spiro atoms.